The Morgan fingerprint density at radius 1 is 1.67 bits per heavy atom. The molecule has 18 heavy (non-hydrogen) atoms. The summed E-state index contributed by atoms with van der Waals surface area (Å²) < 4.78 is 5.59. The summed E-state index contributed by atoms with van der Waals surface area (Å²) in [5, 5.41) is 11.5. The number of oxime groups is 1. The molecule has 1 aliphatic heterocycles. The van der Waals surface area contributed by atoms with Crippen LogP contribution in [0.25, 0.3) is 0 Å². The van der Waals surface area contributed by atoms with Crippen molar-refractivity contribution in [2.45, 2.75) is 18.9 Å². The van der Waals surface area contributed by atoms with Crippen LogP contribution >= 0.6 is 0 Å². The summed E-state index contributed by atoms with van der Waals surface area (Å²) in [6.45, 7) is 1.71. The van der Waals surface area contributed by atoms with Gasteiger partial charge in [0.05, 0.1) is 18.0 Å². The van der Waals surface area contributed by atoms with E-state index in [4.69, 9.17) is 15.7 Å². The summed E-state index contributed by atoms with van der Waals surface area (Å²) in [6, 6.07) is 3.63. The Kier molecular flexibility index (Phi) is 3.99. The summed E-state index contributed by atoms with van der Waals surface area (Å²) in [4.78, 5) is 6.24. The van der Waals surface area contributed by atoms with Gasteiger partial charge in [-0.25, -0.2) is 0 Å². The normalized spacial score (nSPS) is 20.1. The van der Waals surface area contributed by atoms with Crippen LogP contribution in [0, 0.1) is 0 Å². The average molecular weight is 250 g/mol. The van der Waals surface area contributed by atoms with Gasteiger partial charge in [-0.2, -0.15) is 0 Å². The SMILES string of the molecule is CN(CC1CCCO1)c1ccc(/C(N)=N/O)nc1. The zero-order valence-corrected chi connectivity index (χ0v) is 10.4. The smallest absolute Gasteiger partial charge is 0.188 e. The fourth-order valence-corrected chi connectivity index (χ4v) is 2.01. The first-order valence-electron chi connectivity index (χ1n) is 5.97. The zero-order valence-electron chi connectivity index (χ0n) is 10.4. The number of pyridine rings is 1. The van der Waals surface area contributed by atoms with Gasteiger partial charge in [0, 0.05) is 20.2 Å². The Morgan fingerprint density at radius 3 is 3.06 bits per heavy atom. The fraction of sp³-hybridized carbons (Fsp3) is 0.500. The topological polar surface area (TPSA) is 84.0 Å². The molecule has 0 radical (unpaired) electrons. The number of hydrogen-bond donors (Lipinski definition) is 2. The van der Waals surface area contributed by atoms with Crippen LogP contribution in [0.1, 0.15) is 18.5 Å². The van der Waals surface area contributed by atoms with Crippen LogP contribution < -0.4 is 10.6 Å². The van der Waals surface area contributed by atoms with Crippen LogP contribution in [0.15, 0.2) is 23.5 Å². The molecule has 3 N–H and O–H groups in total. The molecule has 1 atom stereocenters. The molecule has 98 valence electrons. The van der Waals surface area contributed by atoms with Crippen molar-refractivity contribution in [1.82, 2.24) is 4.98 Å². The van der Waals surface area contributed by atoms with Gasteiger partial charge in [0.15, 0.2) is 5.84 Å². The number of likely N-dealkylation sites (N-methyl/N-ethyl adjacent to an activating group) is 1. The van der Waals surface area contributed by atoms with E-state index in [1.807, 2.05) is 13.1 Å². The van der Waals surface area contributed by atoms with Crippen LogP contribution in [0.5, 0.6) is 0 Å². The lowest BCUT2D eigenvalue weighted by atomic mass is 10.2. The van der Waals surface area contributed by atoms with Gasteiger partial charge in [-0.3, -0.25) is 4.98 Å². The maximum Gasteiger partial charge on any atom is 0.188 e. The molecule has 0 spiro atoms. The van der Waals surface area contributed by atoms with E-state index in [-0.39, 0.29) is 5.84 Å². The Bertz CT molecular complexity index is 413. The van der Waals surface area contributed by atoms with Gasteiger partial charge in [0.2, 0.25) is 0 Å². The van der Waals surface area contributed by atoms with Gasteiger partial charge in [-0.15, -0.1) is 0 Å². The molecule has 2 heterocycles. The summed E-state index contributed by atoms with van der Waals surface area (Å²) in [7, 11) is 2.00. The largest absolute Gasteiger partial charge is 0.409 e. The van der Waals surface area contributed by atoms with Crippen molar-refractivity contribution in [3.63, 3.8) is 0 Å². The molecule has 1 aromatic rings. The molecule has 0 saturated carbocycles. The molecule has 2 rings (SSSR count). The standard InChI is InChI=1S/C12H18N4O2/c1-16(8-10-3-2-6-18-10)9-4-5-11(14-7-9)12(13)15-17/h4-5,7,10,17H,2-3,6,8H2,1H3,(H2,13,15). The highest BCUT2D eigenvalue weighted by atomic mass is 16.5. The molecule has 1 aromatic heterocycles. The van der Waals surface area contributed by atoms with E-state index in [2.05, 4.69) is 15.0 Å². The Hall–Kier alpha value is -1.82. The zero-order chi connectivity index (χ0) is 13.0. The predicted molar refractivity (Wildman–Crippen MR) is 69.0 cm³/mol. The van der Waals surface area contributed by atoms with Gasteiger partial charge >= 0.3 is 0 Å². The number of nitrogens with zero attached hydrogens (tertiary/aromatic N) is 3. The number of hydrogen-bond acceptors (Lipinski definition) is 5. The van der Waals surface area contributed by atoms with Crippen LogP contribution in [0.2, 0.25) is 0 Å². The maximum atomic E-state index is 8.55. The lowest BCUT2D eigenvalue weighted by molar-refractivity contribution is 0.116. The molecule has 6 heteroatoms. The van der Waals surface area contributed by atoms with Gasteiger partial charge in [-0.05, 0) is 25.0 Å². The van der Waals surface area contributed by atoms with Crippen LogP contribution in [0.3, 0.4) is 0 Å². The average Bonchev–Trinajstić information content (AvgIpc) is 2.91. The third-order valence-corrected chi connectivity index (χ3v) is 3.06. The highest BCUT2D eigenvalue weighted by Gasteiger charge is 2.17. The highest BCUT2D eigenvalue weighted by molar-refractivity contribution is 5.95. The molecule has 1 fully saturated rings. The highest BCUT2D eigenvalue weighted by Crippen LogP contribution is 2.17. The third kappa shape index (κ3) is 2.89. The summed E-state index contributed by atoms with van der Waals surface area (Å²) >= 11 is 0. The Morgan fingerprint density at radius 2 is 2.50 bits per heavy atom. The minimum atomic E-state index is 0.0170. The quantitative estimate of drug-likeness (QED) is 0.357. The summed E-state index contributed by atoms with van der Waals surface area (Å²) in [5.74, 6) is 0.0170. The van der Waals surface area contributed by atoms with Crippen LogP contribution in [-0.2, 0) is 4.74 Å². The molecule has 1 unspecified atom stereocenters. The molecular weight excluding hydrogens is 232 g/mol. The number of rotatable bonds is 4. The first kappa shape index (κ1) is 12.6. The van der Waals surface area contributed by atoms with E-state index in [0.717, 1.165) is 31.7 Å². The van der Waals surface area contributed by atoms with Crippen molar-refractivity contribution in [2.24, 2.45) is 10.9 Å². The maximum absolute atomic E-state index is 8.55. The van der Waals surface area contributed by atoms with E-state index < -0.39 is 0 Å². The molecule has 6 nitrogen and oxygen atoms in total. The monoisotopic (exact) mass is 250 g/mol. The number of ether oxygens (including phenoxy) is 1. The second-order valence-electron chi connectivity index (χ2n) is 4.40. The number of anilines is 1. The Labute approximate surface area is 106 Å². The molecule has 1 aliphatic rings. The minimum Gasteiger partial charge on any atom is -0.409 e. The van der Waals surface area contributed by atoms with E-state index in [0.29, 0.717) is 11.8 Å². The molecule has 0 aliphatic carbocycles. The van der Waals surface area contributed by atoms with E-state index in [1.165, 1.54) is 0 Å². The lowest BCUT2D eigenvalue weighted by Crippen LogP contribution is -2.28. The first-order valence-corrected chi connectivity index (χ1v) is 5.97. The van der Waals surface area contributed by atoms with Crippen molar-refractivity contribution in [1.29, 1.82) is 0 Å². The second kappa shape index (κ2) is 5.68. The van der Waals surface area contributed by atoms with E-state index in [9.17, 15) is 0 Å². The third-order valence-electron chi connectivity index (χ3n) is 3.06. The van der Waals surface area contributed by atoms with Crippen molar-refractivity contribution in [3.8, 4) is 0 Å². The number of aromatic nitrogens is 1. The van der Waals surface area contributed by atoms with Crippen molar-refractivity contribution in [3.05, 3.63) is 24.0 Å². The molecule has 0 bridgehead atoms. The van der Waals surface area contributed by atoms with Crippen molar-refractivity contribution < 1.29 is 9.94 Å². The summed E-state index contributed by atoms with van der Waals surface area (Å²) in [5.41, 5.74) is 6.91. The molecule has 1 saturated heterocycles. The lowest BCUT2D eigenvalue weighted by Gasteiger charge is -2.22. The van der Waals surface area contributed by atoms with Gasteiger partial charge < -0.3 is 20.6 Å². The van der Waals surface area contributed by atoms with E-state index >= 15 is 0 Å². The van der Waals surface area contributed by atoms with Gasteiger partial charge in [0.25, 0.3) is 0 Å². The van der Waals surface area contributed by atoms with Gasteiger partial charge in [0.1, 0.15) is 5.69 Å². The van der Waals surface area contributed by atoms with Gasteiger partial charge in [-0.1, -0.05) is 5.16 Å². The van der Waals surface area contributed by atoms with Crippen LogP contribution in [-0.4, -0.2) is 42.3 Å². The predicted octanol–water partition coefficient (Wildman–Crippen LogP) is 0.791. The number of nitrogens with two attached hydrogens (primary N) is 1. The molecule has 0 aromatic carbocycles. The first-order chi connectivity index (χ1) is 8.70. The van der Waals surface area contributed by atoms with E-state index in [1.54, 1.807) is 12.3 Å². The van der Waals surface area contributed by atoms with Crippen LogP contribution in [0.4, 0.5) is 5.69 Å². The molecular formula is C12H18N4O2. The van der Waals surface area contributed by atoms with Crippen molar-refractivity contribution >= 4 is 11.5 Å². The Balaban J connectivity index is 1.99. The minimum absolute atomic E-state index is 0.0170. The fourth-order valence-electron chi connectivity index (χ4n) is 2.01. The molecule has 0 amide bonds. The van der Waals surface area contributed by atoms with Crippen molar-refractivity contribution in [2.75, 3.05) is 25.1 Å². The second-order valence-corrected chi connectivity index (χ2v) is 4.40. The summed E-state index contributed by atoms with van der Waals surface area (Å²) in [6.07, 6.45) is 4.26. The number of amidine groups is 1.